The third kappa shape index (κ3) is 3.69. The Hall–Kier alpha value is -1.12. The standard InChI is InChI=1S/C10H13F3N2O2S/c1-14-7-9(8-5-3-2-4-6-8)15-18(16,17)10(11,12)13/h2-6,9,14-15H,7H2,1H3/t9-/m0/s1. The fourth-order valence-electron chi connectivity index (χ4n) is 1.37. The van der Waals surface area contributed by atoms with Crippen LogP contribution in [0.15, 0.2) is 30.3 Å². The lowest BCUT2D eigenvalue weighted by Crippen LogP contribution is -2.41. The van der Waals surface area contributed by atoms with E-state index in [1.807, 2.05) is 0 Å². The third-order valence-electron chi connectivity index (χ3n) is 2.21. The van der Waals surface area contributed by atoms with E-state index in [9.17, 15) is 21.6 Å². The highest BCUT2D eigenvalue weighted by Crippen LogP contribution is 2.24. The van der Waals surface area contributed by atoms with E-state index in [0.29, 0.717) is 5.56 Å². The summed E-state index contributed by atoms with van der Waals surface area (Å²) in [6.45, 7) is 0.0549. The molecule has 0 aromatic heterocycles. The van der Waals surface area contributed by atoms with Gasteiger partial charge in [0.05, 0.1) is 6.04 Å². The van der Waals surface area contributed by atoms with Gasteiger partial charge in [-0.1, -0.05) is 30.3 Å². The first-order chi connectivity index (χ1) is 8.28. The molecule has 0 heterocycles. The molecule has 4 nitrogen and oxygen atoms in total. The van der Waals surface area contributed by atoms with Gasteiger partial charge in [-0.05, 0) is 12.6 Å². The molecule has 1 rings (SSSR count). The fourth-order valence-corrected chi connectivity index (χ4v) is 2.10. The van der Waals surface area contributed by atoms with Crippen molar-refractivity contribution in [3.8, 4) is 0 Å². The second kappa shape index (κ2) is 5.68. The number of benzene rings is 1. The first-order valence-electron chi connectivity index (χ1n) is 5.06. The summed E-state index contributed by atoms with van der Waals surface area (Å²) in [6, 6.07) is 7.09. The lowest BCUT2D eigenvalue weighted by atomic mass is 10.1. The first kappa shape index (κ1) is 14.9. The summed E-state index contributed by atoms with van der Waals surface area (Å²) in [5.74, 6) is 0. The minimum atomic E-state index is -5.36. The SMILES string of the molecule is CNC[C@H](NS(=O)(=O)C(F)(F)F)c1ccccc1. The smallest absolute Gasteiger partial charge is 0.318 e. The van der Waals surface area contributed by atoms with Crippen molar-refractivity contribution >= 4 is 10.0 Å². The zero-order valence-electron chi connectivity index (χ0n) is 9.53. The van der Waals surface area contributed by atoms with Crippen LogP contribution in [0.1, 0.15) is 11.6 Å². The summed E-state index contributed by atoms with van der Waals surface area (Å²) in [6.07, 6.45) is 0. The second-order valence-electron chi connectivity index (χ2n) is 3.59. The van der Waals surface area contributed by atoms with Gasteiger partial charge < -0.3 is 5.32 Å². The van der Waals surface area contributed by atoms with Gasteiger partial charge in [0.2, 0.25) is 0 Å². The summed E-state index contributed by atoms with van der Waals surface area (Å²) in [5.41, 5.74) is -4.85. The van der Waals surface area contributed by atoms with E-state index < -0.39 is 21.6 Å². The highest BCUT2D eigenvalue weighted by molar-refractivity contribution is 7.90. The van der Waals surface area contributed by atoms with E-state index in [0.717, 1.165) is 0 Å². The molecule has 1 aromatic rings. The van der Waals surface area contributed by atoms with Gasteiger partial charge in [-0.25, -0.2) is 8.42 Å². The minimum Gasteiger partial charge on any atom is -0.318 e. The van der Waals surface area contributed by atoms with Crippen LogP contribution in [0.4, 0.5) is 13.2 Å². The zero-order chi connectivity index (χ0) is 13.8. The average Bonchev–Trinajstić information content (AvgIpc) is 2.28. The number of rotatable bonds is 5. The van der Waals surface area contributed by atoms with Gasteiger partial charge in [0.25, 0.3) is 0 Å². The van der Waals surface area contributed by atoms with Crippen LogP contribution < -0.4 is 10.0 Å². The summed E-state index contributed by atoms with van der Waals surface area (Å²) >= 11 is 0. The summed E-state index contributed by atoms with van der Waals surface area (Å²) in [7, 11) is -3.83. The predicted octanol–water partition coefficient (Wildman–Crippen LogP) is 1.39. The van der Waals surface area contributed by atoms with E-state index in [1.165, 1.54) is 7.05 Å². The van der Waals surface area contributed by atoms with Gasteiger partial charge in [-0.2, -0.15) is 17.9 Å². The summed E-state index contributed by atoms with van der Waals surface area (Å²) in [4.78, 5) is 0. The predicted molar refractivity (Wildman–Crippen MR) is 61.2 cm³/mol. The molecule has 1 atom stereocenters. The van der Waals surface area contributed by atoms with Gasteiger partial charge in [-0.15, -0.1) is 0 Å². The molecule has 1 aromatic carbocycles. The maximum absolute atomic E-state index is 12.3. The molecule has 2 N–H and O–H groups in total. The molecule has 102 valence electrons. The summed E-state index contributed by atoms with van der Waals surface area (Å²) in [5, 5.41) is 2.65. The van der Waals surface area contributed by atoms with Gasteiger partial charge in [0, 0.05) is 6.54 Å². The molecular formula is C10H13F3N2O2S. The molecule has 0 aliphatic rings. The van der Waals surface area contributed by atoms with Crippen molar-refractivity contribution in [2.75, 3.05) is 13.6 Å². The van der Waals surface area contributed by atoms with E-state index in [2.05, 4.69) is 5.32 Å². The molecule has 0 aliphatic carbocycles. The maximum atomic E-state index is 12.3. The quantitative estimate of drug-likeness (QED) is 0.858. The average molecular weight is 282 g/mol. The molecule has 0 spiro atoms. The van der Waals surface area contributed by atoms with Crippen LogP contribution in [0.25, 0.3) is 0 Å². The normalized spacial score (nSPS) is 14.4. The molecular weight excluding hydrogens is 269 g/mol. The molecule has 8 heteroatoms. The van der Waals surface area contributed by atoms with Crippen molar-refractivity contribution in [2.24, 2.45) is 0 Å². The summed E-state index contributed by atoms with van der Waals surface area (Å²) < 4.78 is 60.6. The van der Waals surface area contributed by atoms with Gasteiger partial charge in [0.1, 0.15) is 0 Å². The molecule has 0 aliphatic heterocycles. The molecule has 0 amide bonds. The van der Waals surface area contributed by atoms with Crippen LogP contribution in [0.3, 0.4) is 0 Å². The van der Waals surface area contributed by atoms with E-state index >= 15 is 0 Å². The number of halogens is 3. The van der Waals surface area contributed by atoms with Crippen molar-refractivity contribution in [1.29, 1.82) is 0 Å². The van der Waals surface area contributed by atoms with Crippen molar-refractivity contribution < 1.29 is 21.6 Å². The number of alkyl halides is 3. The third-order valence-corrected chi connectivity index (χ3v) is 3.42. The molecule has 0 unspecified atom stereocenters. The number of nitrogens with one attached hydrogen (secondary N) is 2. The Balaban J connectivity index is 2.96. The van der Waals surface area contributed by atoms with Crippen LogP contribution in [-0.2, 0) is 10.0 Å². The fraction of sp³-hybridized carbons (Fsp3) is 0.400. The first-order valence-corrected chi connectivity index (χ1v) is 6.54. The Bertz CT molecular complexity index is 474. The lowest BCUT2D eigenvalue weighted by molar-refractivity contribution is -0.0451. The van der Waals surface area contributed by atoms with Gasteiger partial charge in [0.15, 0.2) is 0 Å². The van der Waals surface area contributed by atoms with Crippen LogP contribution >= 0.6 is 0 Å². The molecule has 0 saturated carbocycles. The molecule has 0 bridgehead atoms. The number of likely N-dealkylation sites (N-methyl/N-ethyl adjacent to an activating group) is 1. The zero-order valence-corrected chi connectivity index (χ0v) is 10.3. The number of sulfonamides is 1. The Morgan fingerprint density at radius 2 is 1.78 bits per heavy atom. The Morgan fingerprint density at radius 3 is 2.22 bits per heavy atom. The Morgan fingerprint density at radius 1 is 1.22 bits per heavy atom. The van der Waals surface area contributed by atoms with Crippen molar-refractivity contribution in [2.45, 2.75) is 11.6 Å². The van der Waals surface area contributed by atoms with Crippen molar-refractivity contribution in [3.63, 3.8) is 0 Å². The Kier molecular flexibility index (Phi) is 4.71. The molecule has 0 fully saturated rings. The minimum absolute atomic E-state index is 0.0549. The number of hydrogen-bond donors (Lipinski definition) is 2. The van der Waals surface area contributed by atoms with Crippen molar-refractivity contribution in [3.05, 3.63) is 35.9 Å². The molecule has 0 saturated heterocycles. The maximum Gasteiger partial charge on any atom is 0.511 e. The monoisotopic (exact) mass is 282 g/mol. The van der Waals surface area contributed by atoms with Crippen LogP contribution in [0, 0.1) is 0 Å². The lowest BCUT2D eigenvalue weighted by Gasteiger charge is -2.19. The molecule has 0 radical (unpaired) electrons. The van der Waals surface area contributed by atoms with Gasteiger partial charge >= 0.3 is 15.5 Å². The highest BCUT2D eigenvalue weighted by Gasteiger charge is 2.46. The van der Waals surface area contributed by atoms with Crippen LogP contribution in [-0.4, -0.2) is 27.5 Å². The van der Waals surface area contributed by atoms with Crippen LogP contribution in [0.5, 0.6) is 0 Å². The largest absolute Gasteiger partial charge is 0.511 e. The van der Waals surface area contributed by atoms with Gasteiger partial charge in [-0.3, -0.25) is 0 Å². The Labute approximate surface area is 103 Å². The second-order valence-corrected chi connectivity index (χ2v) is 5.29. The highest BCUT2D eigenvalue weighted by atomic mass is 32.2. The van der Waals surface area contributed by atoms with Crippen molar-refractivity contribution in [1.82, 2.24) is 10.0 Å². The topological polar surface area (TPSA) is 58.2 Å². The van der Waals surface area contributed by atoms with E-state index in [4.69, 9.17) is 0 Å². The van der Waals surface area contributed by atoms with Crippen LogP contribution in [0.2, 0.25) is 0 Å². The molecule has 18 heavy (non-hydrogen) atoms. The number of hydrogen-bond acceptors (Lipinski definition) is 3. The van der Waals surface area contributed by atoms with E-state index in [1.54, 1.807) is 35.1 Å². The van der Waals surface area contributed by atoms with E-state index in [-0.39, 0.29) is 6.54 Å².